The van der Waals surface area contributed by atoms with Crippen molar-refractivity contribution in [1.82, 2.24) is 0 Å². The Kier molecular flexibility index (Phi) is 4.06. The van der Waals surface area contributed by atoms with Crippen molar-refractivity contribution in [3.05, 3.63) is 59.2 Å². The molecule has 1 N–H and O–H groups in total. The van der Waals surface area contributed by atoms with Gasteiger partial charge in [0.15, 0.2) is 0 Å². The molecule has 1 aliphatic rings. The van der Waals surface area contributed by atoms with E-state index in [0.29, 0.717) is 11.4 Å². The first-order valence-electron chi connectivity index (χ1n) is 7.49. The number of aromatic carboxylic acids is 1. The second-order valence-corrected chi connectivity index (χ2v) is 5.33. The van der Waals surface area contributed by atoms with Crippen molar-refractivity contribution in [1.29, 1.82) is 0 Å². The van der Waals surface area contributed by atoms with Crippen molar-refractivity contribution >= 4 is 29.4 Å². The SMILES string of the molecule is CCC(=O)Oc1ccc(N2C(=O)c3ccc(C(=O)O)cc3C2=O)cc1. The number of nitrogens with zero attached hydrogens (tertiary/aromatic N) is 1. The van der Waals surface area contributed by atoms with Crippen LogP contribution in [0.3, 0.4) is 0 Å². The lowest BCUT2D eigenvalue weighted by Crippen LogP contribution is -2.29. The Morgan fingerprint density at radius 2 is 1.64 bits per heavy atom. The second-order valence-electron chi connectivity index (χ2n) is 5.33. The van der Waals surface area contributed by atoms with E-state index in [4.69, 9.17) is 9.84 Å². The molecule has 1 heterocycles. The van der Waals surface area contributed by atoms with Gasteiger partial charge in [0.25, 0.3) is 11.8 Å². The maximum atomic E-state index is 12.5. The highest BCUT2D eigenvalue weighted by atomic mass is 16.5. The molecule has 0 radical (unpaired) electrons. The van der Waals surface area contributed by atoms with Crippen LogP contribution in [0, 0.1) is 0 Å². The summed E-state index contributed by atoms with van der Waals surface area (Å²) >= 11 is 0. The molecule has 0 saturated heterocycles. The summed E-state index contributed by atoms with van der Waals surface area (Å²) in [5.41, 5.74) is 0.436. The van der Waals surface area contributed by atoms with Crippen LogP contribution in [0.15, 0.2) is 42.5 Å². The Balaban J connectivity index is 1.91. The number of anilines is 1. The van der Waals surface area contributed by atoms with Crippen LogP contribution in [-0.4, -0.2) is 28.9 Å². The third kappa shape index (κ3) is 2.87. The minimum absolute atomic E-state index is 0.0476. The van der Waals surface area contributed by atoms with Crippen molar-refractivity contribution in [3.8, 4) is 5.75 Å². The predicted molar refractivity (Wildman–Crippen MR) is 86.9 cm³/mol. The molecule has 0 aromatic heterocycles. The van der Waals surface area contributed by atoms with Gasteiger partial charge in [-0.3, -0.25) is 14.4 Å². The van der Waals surface area contributed by atoms with E-state index in [1.54, 1.807) is 6.92 Å². The molecule has 0 atom stereocenters. The van der Waals surface area contributed by atoms with Crippen molar-refractivity contribution in [2.75, 3.05) is 4.90 Å². The van der Waals surface area contributed by atoms with Gasteiger partial charge >= 0.3 is 11.9 Å². The molecule has 7 heteroatoms. The number of amides is 2. The van der Waals surface area contributed by atoms with Gasteiger partial charge in [-0.15, -0.1) is 0 Å². The molecule has 0 fully saturated rings. The van der Waals surface area contributed by atoms with Crippen LogP contribution in [0.1, 0.15) is 44.4 Å². The number of benzene rings is 2. The highest BCUT2D eigenvalue weighted by molar-refractivity contribution is 6.34. The van der Waals surface area contributed by atoms with E-state index in [2.05, 4.69) is 0 Å². The fourth-order valence-corrected chi connectivity index (χ4v) is 2.48. The Bertz CT molecular complexity index is 900. The molecule has 3 rings (SSSR count). The number of carboxylic acid groups (broad SMARTS) is 1. The number of carboxylic acids is 1. The number of carbonyl (C=O) groups is 4. The molecular formula is C18H13NO6. The molecule has 2 amide bonds. The Morgan fingerprint density at radius 1 is 1.00 bits per heavy atom. The van der Waals surface area contributed by atoms with E-state index >= 15 is 0 Å². The number of imide groups is 1. The molecule has 25 heavy (non-hydrogen) atoms. The lowest BCUT2D eigenvalue weighted by molar-refractivity contribution is -0.134. The van der Waals surface area contributed by atoms with Crippen LogP contribution >= 0.6 is 0 Å². The Labute approximate surface area is 142 Å². The molecule has 2 aromatic carbocycles. The summed E-state index contributed by atoms with van der Waals surface area (Å²) < 4.78 is 5.05. The summed E-state index contributed by atoms with van der Waals surface area (Å²) in [7, 11) is 0. The number of hydrogen-bond donors (Lipinski definition) is 1. The summed E-state index contributed by atoms with van der Waals surface area (Å²) in [4.78, 5) is 48.3. The molecule has 0 spiro atoms. The average Bonchev–Trinajstić information content (AvgIpc) is 2.86. The van der Waals surface area contributed by atoms with Crippen LogP contribution in [0.5, 0.6) is 5.75 Å². The predicted octanol–water partition coefficient (Wildman–Crippen LogP) is 2.50. The summed E-state index contributed by atoms with van der Waals surface area (Å²) in [6.07, 6.45) is 0.228. The summed E-state index contributed by atoms with van der Waals surface area (Å²) in [5, 5.41) is 9.02. The van der Waals surface area contributed by atoms with Gasteiger partial charge in [0.05, 0.1) is 22.4 Å². The van der Waals surface area contributed by atoms with Crippen molar-refractivity contribution in [2.24, 2.45) is 0 Å². The largest absolute Gasteiger partial charge is 0.478 e. The third-order valence-corrected chi connectivity index (χ3v) is 3.75. The van der Waals surface area contributed by atoms with Gasteiger partial charge in [0, 0.05) is 6.42 Å². The minimum atomic E-state index is -1.18. The second kappa shape index (κ2) is 6.20. The lowest BCUT2D eigenvalue weighted by Gasteiger charge is -2.14. The van der Waals surface area contributed by atoms with Crippen LogP contribution < -0.4 is 9.64 Å². The van der Waals surface area contributed by atoms with E-state index in [-0.39, 0.29) is 23.1 Å². The third-order valence-electron chi connectivity index (χ3n) is 3.75. The van der Waals surface area contributed by atoms with Gasteiger partial charge in [-0.1, -0.05) is 6.92 Å². The van der Waals surface area contributed by atoms with Crippen LogP contribution in [0.4, 0.5) is 5.69 Å². The number of hydrogen-bond acceptors (Lipinski definition) is 5. The molecule has 0 unspecified atom stereocenters. The highest BCUT2D eigenvalue weighted by Crippen LogP contribution is 2.30. The molecule has 126 valence electrons. The smallest absolute Gasteiger partial charge is 0.335 e. The van der Waals surface area contributed by atoms with Crippen LogP contribution in [0.25, 0.3) is 0 Å². The van der Waals surface area contributed by atoms with E-state index in [0.717, 1.165) is 4.90 Å². The zero-order valence-electron chi connectivity index (χ0n) is 13.2. The zero-order valence-corrected chi connectivity index (χ0v) is 13.2. The molecule has 0 bridgehead atoms. The van der Waals surface area contributed by atoms with E-state index in [1.807, 2.05) is 0 Å². The zero-order chi connectivity index (χ0) is 18.1. The van der Waals surface area contributed by atoms with Gasteiger partial charge in [-0.25, -0.2) is 9.69 Å². The van der Waals surface area contributed by atoms with Crippen LogP contribution in [-0.2, 0) is 4.79 Å². The lowest BCUT2D eigenvalue weighted by atomic mass is 10.1. The molecule has 0 aliphatic carbocycles. The van der Waals surface area contributed by atoms with E-state index in [1.165, 1.54) is 42.5 Å². The molecule has 2 aromatic rings. The first-order chi connectivity index (χ1) is 11.9. The maximum absolute atomic E-state index is 12.5. The van der Waals surface area contributed by atoms with Gasteiger partial charge in [0.2, 0.25) is 0 Å². The normalized spacial score (nSPS) is 12.9. The minimum Gasteiger partial charge on any atom is -0.478 e. The standard InChI is InChI=1S/C18H13NO6/c1-2-15(20)25-12-6-4-11(5-7-12)19-16(21)13-8-3-10(18(23)24)9-14(13)17(19)22/h3-9H,2H2,1H3,(H,23,24). The summed E-state index contributed by atoms with van der Waals surface area (Å²) in [6, 6.07) is 9.73. The topological polar surface area (TPSA) is 101 Å². The number of fused-ring (bicyclic) bond motifs is 1. The fraction of sp³-hybridized carbons (Fsp3) is 0.111. The van der Waals surface area contributed by atoms with E-state index in [9.17, 15) is 19.2 Å². The maximum Gasteiger partial charge on any atom is 0.335 e. The molecule has 1 aliphatic heterocycles. The number of ether oxygens (including phenoxy) is 1. The summed E-state index contributed by atoms with van der Waals surface area (Å²) in [5.74, 6) is -2.39. The van der Waals surface area contributed by atoms with Crippen molar-refractivity contribution < 1.29 is 29.0 Å². The monoisotopic (exact) mass is 339 g/mol. The molecular weight excluding hydrogens is 326 g/mol. The first kappa shape index (κ1) is 16.4. The summed E-state index contributed by atoms with van der Waals surface area (Å²) in [6.45, 7) is 1.67. The number of rotatable bonds is 4. The first-order valence-corrected chi connectivity index (χ1v) is 7.49. The Hall–Kier alpha value is -3.48. The van der Waals surface area contributed by atoms with E-state index < -0.39 is 23.8 Å². The average molecular weight is 339 g/mol. The number of esters is 1. The van der Waals surface area contributed by atoms with Crippen molar-refractivity contribution in [3.63, 3.8) is 0 Å². The van der Waals surface area contributed by atoms with Gasteiger partial charge in [-0.2, -0.15) is 0 Å². The number of carbonyl (C=O) groups excluding carboxylic acids is 3. The van der Waals surface area contributed by atoms with Gasteiger partial charge in [0.1, 0.15) is 5.75 Å². The quantitative estimate of drug-likeness (QED) is 0.522. The van der Waals surface area contributed by atoms with Crippen LogP contribution in [0.2, 0.25) is 0 Å². The Morgan fingerprint density at radius 3 is 2.24 bits per heavy atom. The van der Waals surface area contributed by atoms with Gasteiger partial charge in [-0.05, 0) is 42.5 Å². The van der Waals surface area contributed by atoms with Crippen molar-refractivity contribution in [2.45, 2.75) is 13.3 Å². The molecule has 0 saturated carbocycles. The fourth-order valence-electron chi connectivity index (χ4n) is 2.48. The highest BCUT2D eigenvalue weighted by Gasteiger charge is 2.37. The van der Waals surface area contributed by atoms with Gasteiger partial charge < -0.3 is 9.84 Å². The molecule has 7 nitrogen and oxygen atoms in total.